The Balaban J connectivity index is 3.52. The zero-order valence-electron chi connectivity index (χ0n) is 15.1. The molecule has 23 heavy (non-hydrogen) atoms. The van der Waals surface area contributed by atoms with Gasteiger partial charge in [0.15, 0.2) is 0 Å². The number of aliphatic carboxylic acids is 1. The van der Waals surface area contributed by atoms with Gasteiger partial charge in [0, 0.05) is 6.42 Å². The number of unbranched alkanes of at least 4 members (excludes halogenated alkanes) is 9. The third-order valence-corrected chi connectivity index (χ3v) is 4.05. The number of carboxylic acids is 1. The van der Waals surface area contributed by atoms with Gasteiger partial charge in [-0.05, 0) is 12.8 Å². The second-order valence-electron chi connectivity index (χ2n) is 6.43. The number of ether oxygens (including phenoxy) is 1. The van der Waals surface area contributed by atoms with Gasteiger partial charge in [-0.1, -0.05) is 78.1 Å². The van der Waals surface area contributed by atoms with Crippen LogP contribution in [0.3, 0.4) is 0 Å². The van der Waals surface area contributed by atoms with E-state index in [4.69, 9.17) is 9.84 Å². The van der Waals surface area contributed by atoms with E-state index in [0.29, 0.717) is 12.8 Å². The SMILES string of the molecule is CCCCCCCCCCCCC(=O)OC(CCC)CC(=O)O. The van der Waals surface area contributed by atoms with Crippen LogP contribution in [0.15, 0.2) is 0 Å². The standard InChI is InChI=1S/C19H36O4/c1-3-5-6-7-8-9-10-11-12-13-15-19(22)23-17(14-4-2)16-18(20)21/h17H,3-16H2,1-2H3,(H,20,21). The Morgan fingerprint density at radius 2 is 1.35 bits per heavy atom. The summed E-state index contributed by atoms with van der Waals surface area (Å²) in [6.07, 6.45) is 13.6. The van der Waals surface area contributed by atoms with Gasteiger partial charge in [-0.25, -0.2) is 0 Å². The molecule has 1 atom stereocenters. The first-order chi connectivity index (χ1) is 11.1. The van der Waals surface area contributed by atoms with Crippen molar-refractivity contribution in [3.8, 4) is 0 Å². The van der Waals surface area contributed by atoms with Crippen molar-refractivity contribution in [2.75, 3.05) is 0 Å². The minimum Gasteiger partial charge on any atom is -0.481 e. The largest absolute Gasteiger partial charge is 0.481 e. The third kappa shape index (κ3) is 15.6. The van der Waals surface area contributed by atoms with Gasteiger partial charge < -0.3 is 9.84 Å². The second kappa shape index (κ2) is 15.8. The number of esters is 1. The van der Waals surface area contributed by atoms with Gasteiger partial charge >= 0.3 is 11.9 Å². The number of hydrogen-bond acceptors (Lipinski definition) is 3. The third-order valence-electron chi connectivity index (χ3n) is 4.05. The van der Waals surface area contributed by atoms with E-state index in [1.165, 1.54) is 51.4 Å². The van der Waals surface area contributed by atoms with Gasteiger partial charge in [0.1, 0.15) is 6.10 Å². The van der Waals surface area contributed by atoms with Crippen molar-refractivity contribution in [1.29, 1.82) is 0 Å². The fourth-order valence-corrected chi connectivity index (χ4v) is 2.72. The molecule has 0 radical (unpaired) electrons. The molecule has 0 bridgehead atoms. The molecule has 0 amide bonds. The predicted octanol–water partition coefficient (Wildman–Crippen LogP) is 5.48. The van der Waals surface area contributed by atoms with Crippen LogP contribution in [0.1, 0.15) is 104 Å². The molecule has 0 saturated heterocycles. The average molecular weight is 328 g/mol. The van der Waals surface area contributed by atoms with E-state index in [2.05, 4.69) is 6.92 Å². The molecule has 1 unspecified atom stereocenters. The second-order valence-corrected chi connectivity index (χ2v) is 6.43. The molecule has 0 aromatic carbocycles. The molecule has 4 heteroatoms. The maximum atomic E-state index is 11.7. The van der Waals surface area contributed by atoms with E-state index in [9.17, 15) is 9.59 Å². The van der Waals surface area contributed by atoms with Crippen molar-refractivity contribution in [3.63, 3.8) is 0 Å². The van der Waals surface area contributed by atoms with Crippen LogP contribution in [0.2, 0.25) is 0 Å². The molecule has 0 aliphatic heterocycles. The van der Waals surface area contributed by atoms with Crippen LogP contribution in [0.5, 0.6) is 0 Å². The molecule has 4 nitrogen and oxygen atoms in total. The minimum absolute atomic E-state index is 0.0857. The number of carbonyl (C=O) groups excluding carboxylic acids is 1. The van der Waals surface area contributed by atoms with E-state index >= 15 is 0 Å². The Bertz CT molecular complexity index is 302. The highest BCUT2D eigenvalue weighted by Crippen LogP contribution is 2.13. The molecule has 136 valence electrons. The van der Waals surface area contributed by atoms with Crippen molar-refractivity contribution < 1.29 is 19.4 Å². The maximum absolute atomic E-state index is 11.7. The van der Waals surface area contributed by atoms with Gasteiger partial charge in [0.25, 0.3) is 0 Å². The molecular weight excluding hydrogens is 292 g/mol. The van der Waals surface area contributed by atoms with Crippen LogP contribution < -0.4 is 0 Å². The van der Waals surface area contributed by atoms with Crippen LogP contribution in [-0.2, 0) is 14.3 Å². The van der Waals surface area contributed by atoms with Crippen LogP contribution in [-0.4, -0.2) is 23.1 Å². The summed E-state index contributed by atoms with van der Waals surface area (Å²) in [6.45, 7) is 4.20. The van der Waals surface area contributed by atoms with Crippen molar-refractivity contribution in [2.45, 2.75) is 110 Å². The van der Waals surface area contributed by atoms with Crippen LogP contribution in [0.25, 0.3) is 0 Å². The van der Waals surface area contributed by atoms with E-state index in [1.807, 2.05) is 6.92 Å². The van der Waals surface area contributed by atoms with Crippen molar-refractivity contribution in [1.82, 2.24) is 0 Å². The summed E-state index contributed by atoms with van der Waals surface area (Å²) in [5.41, 5.74) is 0. The van der Waals surface area contributed by atoms with E-state index in [-0.39, 0.29) is 12.4 Å². The average Bonchev–Trinajstić information content (AvgIpc) is 2.48. The fourth-order valence-electron chi connectivity index (χ4n) is 2.72. The summed E-state index contributed by atoms with van der Waals surface area (Å²) in [6, 6.07) is 0. The van der Waals surface area contributed by atoms with Crippen LogP contribution in [0.4, 0.5) is 0 Å². The van der Waals surface area contributed by atoms with E-state index < -0.39 is 12.1 Å². The van der Waals surface area contributed by atoms with E-state index in [0.717, 1.165) is 19.3 Å². The molecule has 0 aliphatic carbocycles. The van der Waals surface area contributed by atoms with Gasteiger partial charge in [-0.15, -0.1) is 0 Å². The first kappa shape index (κ1) is 21.9. The van der Waals surface area contributed by atoms with Crippen molar-refractivity contribution in [2.24, 2.45) is 0 Å². The number of carbonyl (C=O) groups is 2. The highest BCUT2D eigenvalue weighted by molar-refractivity contribution is 5.71. The molecule has 0 saturated carbocycles. The lowest BCUT2D eigenvalue weighted by Gasteiger charge is -2.15. The molecule has 0 spiro atoms. The molecule has 0 fully saturated rings. The number of carboxylic acid groups (broad SMARTS) is 1. The van der Waals surface area contributed by atoms with Crippen LogP contribution >= 0.6 is 0 Å². The molecule has 0 aliphatic rings. The first-order valence-corrected chi connectivity index (χ1v) is 9.51. The summed E-state index contributed by atoms with van der Waals surface area (Å²) in [7, 11) is 0. The lowest BCUT2D eigenvalue weighted by Crippen LogP contribution is -2.21. The van der Waals surface area contributed by atoms with Crippen LogP contribution in [0, 0.1) is 0 Å². The smallest absolute Gasteiger partial charge is 0.307 e. The molecule has 0 aromatic heterocycles. The lowest BCUT2D eigenvalue weighted by atomic mass is 10.1. The highest BCUT2D eigenvalue weighted by Gasteiger charge is 2.16. The molecular formula is C19H36O4. The topological polar surface area (TPSA) is 63.6 Å². The van der Waals surface area contributed by atoms with Gasteiger partial charge in [0.05, 0.1) is 6.42 Å². The molecule has 0 heterocycles. The summed E-state index contributed by atoms with van der Waals surface area (Å²) < 4.78 is 5.26. The van der Waals surface area contributed by atoms with Gasteiger partial charge in [-0.3, -0.25) is 9.59 Å². The lowest BCUT2D eigenvalue weighted by molar-refractivity contribution is -0.153. The molecule has 0 rings (SSSR count). The van der Waals surface area contributed by atoms with Crippen molar-refractivity contribution >= 4 is 11.9 Å². The summed E-state index contributed by atoms with van der Waals surface area (Å²) in [5.74, 6) is -1.15. The van der Waals surface area contributed by atoms with Crippen molar-refractivity contribution in [3.05, 3.63) is 0 Å². The zero-order chi connectivity index (χ0) is 17.3. The minimum atomic E-state index is -0.907. The van der Waals surface area contributed by atoms with Gasteiger partial charge in [-0.2, -0.15) is 0 Å². The normalized spacial score (nSPS) is 12.1. The summed E-state index contributed by atoms with van der Waals surface area (Å²) in [4.78, 5) is 22.4. The Morgan fingerprint density at radius 1 is 0.826 bits per heavy atom. The number of hydrogen-bond donors (Lipinski definition) is 1. The highest BCUT2D eigenvalue weighted by atomic mass is 16.5. The summed E-state index contributed by atoms with van der Waals surface area (Å²) >= 11 is 0. The Labute approximate surface area is 142 Å². The molecule has 0 aromatic rings. The first-order valence-electron chi connectivity index (χ1n) is 9.51. The Kier molecular flexibility index (Phi) is 15.1. The number of rotatable bonds is 16. The maximum Gasteiger partial charge on any atom is 0.307 e. The van der Waals surface area contributed by atoms with E-state index in [1.54, 1.807) is 0 Å². The summed E-state index contributed by atoms with van der Waals surface area (Å²) in [5, 5.41) is 8.80. The predicted molar refractivity (Wildman–Crippen MR) is 93.5 cm³/mol. The zero-order valence-corrected chi connectivity index (χ0v) is 15.1. The van der Waals surface area contributed by atoms with Gasteiger partial charge in [0.2, 0.25) is 0 Å². The fraction of sp³-hybridized carbons (Fsp3) is 0.895. The Morgan fingerprint density at radius 3 is 1.83 bits per heavy atom. The monoisotopic (exact) mass is 328 g/mol. The Hall–Kier alpha value is -1.06. The quantitative estimate of drug-likeness (QED) is 0.301. The molecule has 1 N–H and O–H groups in total.